The minimum atomic E-state index is -0.377. The highest BCUT2D eigenvalue weighted by atomic mass is 32.2. The van der Waals surface area contributed by atoms with Crippen molar-refractivity contribution in [2.45, 2.75) is 11.0 Å². The van der Waals surface area contributed by atoms with Crippen LogP contribution in [0, 0.1) is 17.1 Å². The highest BCUT2D eigenvalue weighted by Crippen LogP contribution is 2.22. The zero-order chi connectivity index (χ0) is 11.4. The van der Waals surface area contributed by atoms with Gasteiger partial charge in [-0.05, 0) is 17.7 Å². The maximum absolute atomic E-state index is 13.5. The van der Waals surface area contributed by atoms with E-state index in [4.69, 9.17) is 9.68 Å². The van der Waals surface area contributed by atoms with Crippen molar-refractivity contribution < 1.29 is 8.81 Å². The quantitative estimate of drug-likeness (QED) is 0.766. The summed E-state index contributed by atoms with van der Waals surface area (Å²) in [5, 5.41) is 9.09. The summed E-state index contributed by atoms with van der Waals surface area (Å²) in [6.07, 6.45) is 3.01. The molecule has 0 spiro atoms. The van der Waals surface area contributed by atoms with E-state index >= 15 is 0 Å². The summed E-state index contributed by atoms with van der Waals surface area (Å²) >= 11 is 1.31. The van der Waals surface area contributed by atoms with E-state index in [1.165, 1.54) is 30.3 Å². The van der Waals surface area contributed by atoms with Crippen LogP contribution in [0.4, 0.5) is 4.39 Å². The molecule has 16 heavy (non-hydrogen) atoms. The number of rotatable bonds is 3. The van der Waals surface area contributed by atoms with Gasteiger partial charge in [-0.3, -0.25) is 0 Å². The van der Waals surface area contributed by atoms with E-state index in [2.05, 4.69) is 4.98 Å². The molecule has 0 atom stereocenters. The molecule has 0 bridgehead atoms. The number of hydrogen-bond acceptors (Lipinski definition) is 4. The van der Waals surface area contributed by atoms with Crippen LogP contribution in [-0.4, -0.2) is 4.98 Å². The summed E-state index contributed by atoms with van der Waals surface area (Å²) in [5.41, 5.74) is 0.851. The van der Waals surface area contributed by atoms with Crippen molar-refractivity contribution in [3.8, 4) is 6.07 Å². The molecule has 0 N–H and O–H groups in total. The van der Waals surface area contributed by atoms with Gasteiger partial charge in [-0.25, -0.2) is 9.37 Å². The third-order valence-corrected chi connectivity index (χ3v) is 2.85. The highest BCUT2D eigenvalue weighted by Gasteiger charge is 2.06. The summed E-state index contributed by atoms with van der Waals surface area (Å²) in [7, 11) is 0. The van der Waals surface area contributed by atoms with Gasteiger partial charge in [0, 0.05) is 5.75 Å². The van der Waals surface area contributed by atoms with Gasteiger partial charge in [-0.15, -0.1) is 0 Å². The van der Waals surface area contributed by atoms with Crippen molar-refractivity contribution >= 4 is 11.8 Å². The van der Waals surface area contributed by atoms with Crippen molar-refractivity contribution in [3.63, 3.8) is 0 Å². The second-order valence-corrected chi connectivity index (χ2v) is 3.93. The van der Waals surface area contributed by atoms with Crippen molar-refractivity contribution in [2.75, 3.05) is 0 Å². The first-order valence-corrected chi connectivity index (χ1v) is 5.49. The Morgan fingerprint density at radius 3 is 3.00 bits per heavy atom. The summed E-state index contributed by atoms with van der Waals surface area (Å²) in [5.74, 6) is 0.0519. The Kier molecular flexibility index (Phi) is 3.22. The van der Waals surface area contributed by atoms with Crippen LogP contribution >= 0.6 is 11.8 Å². The molecule has 0 radical (unpaired) electrons. The molecule has 1 aromatic carbocycles. The first-order chi connectivity index (χ1) is 7.79. The predicted octanol–water partition coefficient (Wildman–Crippen LogP) is 2.98. The van der Waals surface area contributed by atoms with Crippen LogP contribution in [0.5, 0.6) is 0 Å². The van der Waals surface area contributed by atoms with Gasteiger partial charge in [-0.2, -0.15) is 5.26 Å². The zero-order valence-electron chi connectivity index (χ0n) is 8.18. The maximum atomic E-state index is 13.5. The fraction of sp³-hybridized carbons (Fsp3) is 0.0909. The summed E-state index contributed by atoms with van der Waals surface area (Å²) in [6.45, 7) is 0. The van der Waals surface area contributed by atoms with Gasteiger partial charge in [0.15, 0.2) is 0 Å². The number of hydrogen-bond donors (Lipinski definition) is 0. The molecule has 0 saturated carbocycles. The van der Waals surface area contributed by atoms with Gasteiger partial charge in [0.25, 0.3) is 5.22 Å². The van der Waals surface area contributed by atoms with Crippen LogP contribution in [0.15, 0.2) is 40.3 Å². The van der Waals surface area contributed by atoms with Crippen LogP contribution in [-0.2, 0) is 5.75 Å². The Balaban J connectivity index is 2.08. The minimum Gasteiger partial charge on any atom is -0.440 e. The number of halogens is 1. The van der Waals surface area contributed by atoms with Crippen molar-refractivity contribution in [3.05, 3.63) is 47.6 Å². The van der Waals surface area contributed by atoms with E-state index in [1.54, 1.807) is 12.1 Å². The summed E-state index contributed by atoms with van der Waals surface area (Å²) < 4.78 is 18.5. The van der Waals surface area contributed by atoms with Gasteiger partial charge in [0.05, 0.1) is 17.8 Å². The molecule has 1 aromatic heterocycles. The molecule has 0 unspecified atom stereocenters. The first kappa shape index (κ1) is 10.7. The van der Waals surface area contributed by atoms with Crippen LogP contribution in [0.1, 0.15) is 11.1 Å². The minimum absolute atomic E-state index is 0.322. The van der Waals surface area contributed by atoms with Gasteiger partial charge >= 0.3 is 0 Å². The van der Waals surface area contributed by atoms with E-state index in [0.717, 1.165) is 0 Å². The standard InChI is InChI=1S/C11H7FN2OS/c12-10-5-8(6-13)1-2-9(10)7-16-11-14-3-4-15-11/h1-5H,7H2. The van der Waals surface area contributed by atoms with Crippen LogP contribution < -0.4 is 0 Å². The molecule has 0 fully saturated rings. The Bertz CT molecular complexity index is 519. The molecule has 0 aliphatic carbocycles. The normalized spacial score (nSPS) is 10.0. The number of nitriles is 1. The number of thioether (sulfide) groups is 1. The van der Waals surface area contributed by atoms with Gasteiger partial charge in [-0.1, -0.05) is 17.8 Å². The molecule has 0 amide bonds. The Labute approximate surface area is 95.9 Å². The lowest BCUT2D eigenvalue weighted by molar-refractivity contribution is 0.454. The third kappa shape index (κ3) is 2.41. The van der Waals surface area contributed by atoms with Crippen molar-refractivity contribution in [1.82, 2.24) is 4.98 Å². The number of benzene rings is 1. The maximum Gasteiger partial charge on any atom is 0.255 e. The molecule has 0 aliphatic rings. The summed E-state index contributed by atoms with van der Waals surface area (Å²) in [4.78, 5) is 3.92. The lowest BCUT2D eigenvalue weighted by atomic mass is 10.1. The topological polar surface area (TPSA) is 49.8 Å². The van der Waals surface area contributed by atoms with Crippen molar-refractivity contribution in [2.24, 2.45) is 0 Å². The molecule has 80 valence electrons. The fourth-order valence-corrected chi connectivity index (χ4v) is 1.93. The predicted molar refractivity (Wildman–Crippen MR) is 57.2 cm³/mol. The first-order valence-electron chi connectivity index (χ1n) is 4.50. The van der Waals surface area contributed by atoms with Gasteiger partial charge in [0.2, 0.25) is 0 Å². The SMILES string of the molecule is N#Cc1ccc(CSc2ncco2)c(F)c1. The monoisotopic (exact) mass is 234 g/mol. The Morgan fingerprint density at radius 2 is 2.38 bits per heavy atom. The Morgan fingerprint density at radius 1 is 1.50 bits per heavy atom. The van der Waals surface area contributed by atoms with E-state index in [-0.39, 0.29) is 5.82 Å². The summed E-state index contributed by atoms with van der Waals surface area (Å²) in [6, 6.07) is 6.31. The van der Waals surface area contributed by atoms with E-state index in [0.29, 0.717) is 22.1 Å². The molecule has 5 heteroatoms. The molecule has 2 aromatic rings. The molecule has 2 rings (SSSR count). The smallest absolute Gasteiger partial charge is 0.255 e. The third-order valence-electron chi connectivity index (χ3n) is 1.94. The molecule has 0 aliphatic heterocycles. The van der Waals surface area contributed by atoms with E-state index < -0.39 is 0 Å². The molecule has 1 heterocycles. The highest BCUT2D eigenvalue weighted by molar-refractivity contribution is 7.98. The van der Waals surface area contributed by atoms with Crippen molar-refractivity contribution in [1.29, 1.82) is 5.26 Å². The van der Waals surface area contributed by atoms with Crippen LogP contribution in [0.3, 0.4) is 0 Å². The number of oxazole rings is 1. The molecule has 3 nitrogen and oxygen atoms in total. The molecular weight excluding hydrogens is 227 g/mol. The number of nitrogens with zero attached hydrogens (tertiary/aromatic N) is 2. The second kappa shape index (κ2) is 4.81. The molecule has 0 saturated heterocycles. The lowest BCUT2D eigenvalue weighted by Crippen LogP contribution is -1.89. The fourth-order valence-electron chi connectivity index (χ4n) is 1.16. The van der Waals surface area contributed by atoms with Crippen LogP contribution in [0.25, 0.3) is 0 Å². The number of aromatic nitrogens is 1. The zero-order valence-corrected chi connectivity index (χ0v) is 9.00. The average molecular weight is 234 g/mol. The molecular formula is C11H7FN2OS. The average Bonchev–Trinajstić information content (AvgIpc) is 2.80. The second-order valence-electron chi connectivity index (χ2n) is 3.00. The van der Waals surface area contributed by atoms with Gasteiger partial charge in [0.1, 0.15) is 12.1 Å². The Hall–Kier alpha value is -1.80. The largest absolute Gasteiger partial charge is 0.440 e. The van der Waals surface area contributed by atoms with E-state index in [9.17, 15) is 4.39 Å². The lowest BCUT2D eigenvalue weighted by Gasteiger charge is -2.00. The van der Waals surface area contributed by atoms with E-state index in [1.807, 2.05) is 6.07 Å². The van der Waals surface area contributed by atoms with Gasteiger partial charge < -0.3 is 4.42 Å². The van der Waals surface area contributed by atoms with Crippen LogP contribution in [0.2, 0.25) is 0 Å².